The van der Waals surface area contributed by atoms with E-state index in [1.165, 1.54) is 13.8 Å². The molecular formula is C7H11N3O4. The van der Waals surface area contributed by atoms with Crippen molar-refractivity contribution in [1.29, 1.82) is 0 Å². The number of hydrogen-bond donors (Lipinski definition) is 3. The van der Waals surface area contributed by atoms with E-state index < -0.39 is 23.5 Å². The van der Waals surface area contributed by atoms with Gasteiger partial charge in [-0.25, -0.2) is 4.79 Å². The molecule has 1 amide bonds. The SMILES string of the molecule is C[C@@H](O)[C@@](C)(NC(=O)O)C(=O)C=[N+]=[N-]. The summed E-state index contributed by atoms with van der Waals surface area (Å²) >= 11 is 0. The van der Waals surface area contributed by atoms with Gasteiger partial charge in [0.1, 0.15) is 5.54 Å². The number of rotatable bonds is 4. The standard InChI is InChI=1S/C7H11N3O4/c1-4(11)7(2,10-6(13)14)5(12)3-9-8/h3-4,10-11H,1-2H3,(H,13,14)/t4-,7-/m1/s1. The minimum absolute atomic E-state index is 0.530. The van der Waals surface area contributed by atoms with E-state index in [2.05, 4.69) is 4.79 Å². The van der Waals surface area contributed by atoms with Crippen molar-refractivity contribution >= 4 is 18.1 Å². The van der Waals surface area contributed by atoms with E-state index in [9.17, 15) is 14.7 Å². The minimum Gasteiger partial charge on any atom is -0.465 e. The van der Waals surface area contributed by atoms with Crippen molar-refractivity contribution in [1.82, 2.24) is 5.32 Å². The Bertz CT molecular complexity index is 295. The third kappa shape index (κ3) is 2.65. The van der Waals surface area contributed by atoms with Crippen LogP contribution in [0, 0.1) is 0 Å². The van der Waals surface area contributed by atoms with Crippen LogP contribution in [0.25, 0.3) is 5.53 Å². The van der Waals surface area contributed by atoms with E-state index in [-0.39, 0.29) is 0 Å². The highest BCUT2D eigenvalue weighted by Crippen LogP contribution is 2.10. The molecule has 3 N–H and O–H groups in total. The molecule has 2 atom stereocenters. The number of amides is 1. The molecule has 0 radical (unpaired) electrons. The van der Waals surface area contributed by atoms with Gasteiger partial charge in [0.15, 0.2) is 0 Å². The number of nitrogens with one attached hydrogen (secondary N) is 1. The Morgan fingerprint density at radius 2 is 2.14 bits per heavy atom. The van der Waals surface area contributed by atoms with Crippen molar-refractivity contribution in [3.63, 3.8) is 0 Å². The van der Waals surface area contributed by atoms with Crippen LogP contribution in [0.15, 0.2) is 0 Å². The lowest BCUT2D eigenvalue weighted by Gasteiger charge is -2.27. The van der Waals surface area contributed by atoms with Crippen LogP contribution in [0.3, 0.4) is 0 Å². The van der Waals surface area contributed by atoms with E-state index in [0.717, 1.165) is 0 Å². The van der Waals surface area contributed by atoms with Crippen LogP contribution < -0.4 is 5.32 Å². The second kappa shape index (κ2) is 4.50. The third-order valence-corrected chi connectivity index (χ3v) is 1.89. The monoisotopic (exact) mass is 201 g/mol. The molecule has 0 aliphatic heterocycles. The molecule has 0 bridgehead atoms. The molecule has 0 unspecified atom stereocenters. The Kier molecular flexibility index (Phi) is 3.95. The summed E-state index contributed by atoms with van der Waals surface area (Å²) in [7, 11) is 0. The quantitative estimate of drug-likeness (QED) is 0.315. The first-order chi connectivity index (χ1) is 6.34. The molecule has 0 saturated heterocycles. The largest absolute Gasteiger partial charge is 0.465 e. The predicted molar refractivity (Wildman–Crippen MR) is 45.9 cm³/mol. The molecule has 0 spiro atoms. The van der Waals surface area contributed by atoms with Crippen LogP contribution in [0.4, 0.5) is 4.79 Å². The molecule has 0 saturated carbocycles. The molecule has 0 fully saturated rings. The highest BCUT2D eigenvalue weighted by atomic mass is 16.4. The zero-order valence-corrected chi connectivity index (χ0v) is 7.76. The van der Waals surface area contributed by atoms with Gasteiger partial charge in [-0.05, 0) is 13.8 Å². The molecule has 0 aliphatic carbocycles. The van der Waals surface area contributed by atoms with Crippen LogP contribution in [0.2, 0.25) is 0 Å². The van der Waals surface area contributed by atoms with E-state index in [1.54, 1.807) is 0 Å². The van der Waals surface area contributed by atoms with Crippen LogP contribution in [-0.4, -0.2) is 44.7 Å². The molecule has 78 valence electrons. The molecule has 7 heteroatoms. The first-order valence-electron chi connectivity index (χ1n) is 3.75. The Morgan fingerprint density at radius 1 is 1.64 bits per heavy atom. The van der Waals surface area contributed by atoms with Gasteiger partial charge in [0.05, 0.1) is 6.10 Å². The summed E-state index contributed by atoms with van der Waals surface area (Å²) in [6.07, 6.45) is -2.17. The van der Waals surface area contributed by atoms with Crippen LogP contribution in [-0.2, 0) is 4.79 Å². The molecule has 0 heterocycles. The van der Waals surface area contributed by atoms with E-state index in [4.69, 9.17) is 10.6 Å². The summed E-state index contributed by atoms with van der Waals surface area (Å²) in [6, 6.07) is 0. The highest BCUT2D eigenvalue weighted by Gasteiger charge is 2.40. The number of nitrogens with zero attached hydrogens (tertiary/aromatic N) is 2. The third-order valence-electron chi connectivity index (χ3n) is 1.89. The number of carbonyl (C=O) groups excluding carboxylic acids is 1. The van der Waals surface area contributed by atoms with Gasteiger partial charge in [-0.1, -0.05) is 0 Å². The topological polar surface area (TPSA) is 123 Å². The van der Waals surface area contributed by atoms with E-state index in [0.29, 0.717) is 6.21 Å². The average Bonchev–Trinajstić information content (AvgIpc) is 2.02. The van der Waals surface area contributed by atoms with Gasteiger partial charge >= 0.3 is 12.3 Å². The van der Waals surface area contributed by atoms with Crippen molar-refractivity contribution in [2.24, 2.45) is 0 Å². The Hall–Kier alpha value is -1.72. The summed E-state index contributed by atoms with van der Waals surface area (Å²) in [5, 5.41) is 19.5. The summed E-state index contributed by atoms with van der Waals surface area (Å²) in [4.78, 5) is 24.1. The Balaban J connectivity index is 4.98. The molecule has 0 aromatic rings. The lowest BCUT2D eigenvalue weighted by Crippen LogP contribution is -2.59. The van der Waals surface area contributed by atoms with Crippen molar-refractivity contribution in [2.45, 2.75) is 25.5 Å². The number of aliphatic hydroxyl groups excluding tert-OH is 1. The zero-order valence-electron chi connectivity index (χ0n) is 7.76. The molecule has 0 aliphatic rings. The van der Waals surface area contributed by atoms with Crippen LogP contribution in [0.1, 0.15) is 13.8 Å². The summed E-state index contributed by atoms with van der Waals surface area (Å²) < 4.78 is 0. The molecule has 0 rings (SSSR count). The smallest absolute Gasteiger partial charge is 0.405 e. The highest BCUT2D eigenvalue weighted by molar-refractivity contribution is 6.30. The fourth-order valence-corrected chi connectivity index (χ4v) is 0.781. The van der Waals surface area contributed by atoms with Gasteiger partial charge in [-0.15, -0.1) is 0 Å². The van der Waals surface area contributed by atoms with Gasteiger partial charge in [-0.3, -0.25) is 4.79 Å². The maximum Gasteiger partial charge on any atom is 0.405 e. The lowest BCUT2D eigenvalue weighted by molar-refractivity contribution is -0.125. The van der Waals surface area contributed by atoms with Gasteiger partial charge in [0, 0.05) is 0 Å². The minimum atomic E-state index is -1.71. The maximum absolute atomic E-state index is 11.2. The number of aliphatic hydroxyl groups is 1. The lowest BCUT2D eigenvalue weighted by atomic mass is 9.91. The summed E-state index contributed by atoms with van der Waals surface area (Å²) in [5.74, 6) is -0.836. The molecular weight excluding hydrogens is 190 g/mol. The maximum atomic E-state index is 11.2. The summed E-state index contributed by atoms with van der Waals surface area (Å²) in [5.41, 5.74) is 6.40. The van der Waals surface area contributed by atoms with Crippen LogP contribution >= 0.6 is 0 Å². The second-order valence-corrected chi connectivity index (χ2v) is 2.92. The molecule has 0 aromatic carbocycles. The van der Waals surface area contributed by atoms with Crippen molar-refractivity contribution in [2.75, 3.05) is 0 Å². The van der Waals surface area contributed by atoms with Crippen LogP contribution in [0.5, 0.6) is 0 Å². The van der Waals surface area contributed by atoms with Crippen molar-refractivity contribution < 1.29 is 24.6 Å². The average molecular weight is 201 g/mol. The van der Waals surface area contributed by atoms with Crippen molar-refractivity contribution in [3.8, 4) is 0 Å². The van der Waals surface area contributed by atoms with Gasteiger partial charge < -0.3 is 21.1 Å². The normalized spacial score (nSPS) is 15.9. The molecule has 14 heavy (non-hydrogen) atoms. The summed E-state index contributed by atoms with van der Waals surface area (Å²) in [6.45, 7) is 2.44. The number of carboxylic acid groups (broad SMARTS) is 1. The van der Waals surface area contributed by atoms with Gasteiger partial charge in [-0.2, -0.15) is 4.79 Å². The first-order valence-corrected chi connectivity index (χ1v) is 3.75. The van der Waals surface area contributed by atoms with Crippen molar-refractivity contribution in [3.05, 3.63) is 5.53 Å². The van der Waals surface area contributed by atoms with E-state index >= 15 is 0 Å². The number of carbonyl (C=O) groups is 2. The zero-order chi connectivity index (χ0) is 11.4. The second-order valence-electron chi connectivity index (χ2n) is 2.92. The Labute approximate surface area is 80.0 Å². The molecule has 7 nitrogen and oxygen atoms in total. The fourth-order valence-electron chi connectivity index (χ4n) is 0.781. The number of Topliss-reactive ketones (excluding diaryl/α,β-unsaturated/α-hetero) is 1. The molecule has 0 aromatic heterocycles. The van der Waals surface area contributed by atoms with Gasteiger partial charge in [0.25, 0.3) is 5.78 Å². The Morgan fingerprint density at radius 3 is 2.43 bits per heavy atom. The predicted octanol–water partition coefficient (Wildman–Crippen LogP) is -0.737. The number of hydrogen-bond acceptors (Lipinski definition) is 3. The first kappa shape index (κ1) is 12.3. The van der Waals surface area contributed by atoms with Gasteiger partial charge in [0.2, 0.25) is 0 Å². The fraction of sp³-hybridized carbons (Fsp3) is 0.571. The number of ketones is 1. The van der Waals surface area contributed by atoms with E-state index in [1.807, 2.05) is 5.32 Å².